The summed E-state index contributed by atoms with van der Waals surface area (Å²) in [5.74, 6) is 0.711. The maximum atomic E-state index is 11.5. The normalized spacial score (nSPS) is 10.2. The molecule has 0 saturated heterocycles. The summed E-state index contributed by atoms with van der Waals surface area (Å²) in [7, 11) is 1.63. The topological polar surface area (TPSA) is 58.1 Å². The molecule has 0 spiro atoms. The van der Waals surface area contributed by atoms with Crippen molar-refractivity contribution in [1.82, 2.24) is 15.3 Å². The second kappa shape index (κ2) is 7.16. The van der Waals surface area contributed by atoms with Crippen molar-refractivity contribution in [3.05, 3.63) is 17.0 Å². The van der Waals surface area contributed by atoms with Gasteiger partial charge in [-0.3, -0.25) is 4.79 Å². The van der Waals surface area contributed by atoms with E-state index in [1.807, 2.05) is 11.8 Å². The number of nitrogens with one attached hydrogen (secondary N) is 1. The van der Waals surface area contributed by atoms with E-state index in [-0.39, 0.29) is 12.5 Å². The Morgan fingerprint density at radius 2 is 2.17 bits per heavy atom. The highest BCUT2D eigenvalue weighted by Gasteiger charge is 2.16. The van der Waals surface area contributed by atoms with Gasteiger partial charge in [0.2, 0.25) is 5.91 Å². The first-order valence-corrected chi connectivity index (χ1v) is 6.46. The van der Waals surface area contributed by atoms with Crippen LogP contribution < -0.4 is 10.2 Å². The van der Waals surface area contributed by atoms with Crippen LogP contribution in [0.1, 0.15) is 25.8 Å². The molecule has 0 unspecified atom stereocenters. The number of nitrogens with zero attached hydrogens (tertiary/aromatic N) is 3. The van der Waals surface area contributed by atoms with Crippen molar-refractivity contribution in [2.75, 3.05) is 25.0 Å². The molecule has 1 aromatic heterocycles. The van der Waals surface area contributed by atoms with Crippen LogP contribution in [0.3, 0.4) is 0 Å². The van der Waals surface area contributed by atoms with Crippen LogP contribution >= 0.6 is 11.6 Å². The first kappa shape index (κ1) is 14.7. The van der Waals surface area contributed by atoms with Gasteiger partial charge >= 0.3 is 0 Å². The Morgan fingerprint density at radius 1 is 1.44 bits per heavy atom. The highest BCUT2D eigenvalue weighted by atomic mass is 35.5. The lowest BCUT2D eigenvalue weighted by molar-refractivity contribution is -0.119. The Hall–Kier alpha value is -1.36. The van der Waals surface area contributed by atoms with Gasteiger partial charge in [-0.15, -0.1) is 0 Å². The standard InChI is InChI=1S/C12H19ClN4O/c1-4-6-17(7-10(18)14-3)12-9(5-2)11(13)15-8-16-12/h8H,4-7H2,1-3H3,(H,14,18). The minimum atomic E-state index is -0.0414. The van der Waals surface area contributed by atoms with E-state index in [9.17, 15) is 4.79 Å². The number of carbonyl (C=O) groups excluding carboxylic acids is 1. The van der Waals surface area contributed by atoms with Gasteiger partial charge in [-0.1, -0.05) is 25.4 Å². The van der Waals surface area contributed by atoms with Crippen LogP contribution in [0.15, 0.2) is 6.33 Å². The molecule has 1 amide bonds. The quantitative estimate of drug-likeness (QED) is 0.799. The molecular formula is C12H19ClN4O. The van der Waals surface area contributed by atoms with Crippen LogP contribution in [0.5, 0.6) is 0 Å². The second-order valence-electron chi connectivity index (χ2n) is 3.91. The van der Waals surface area contributed by atoms with Crippen molar-refractivity contribution in [2.45, 2.75) is 26.7 Å². The number of anilines is 1. The largest absolute Gasteiger partial charge is 0.358 e. The number of aromatic nitrogens is 2. The molecule has 5 nitrogen and oxygen atoms in total. The Kier molecular flexibility index (Phi) is 5.85. The van der Waals surface area contributed by atoms with Crippen LogP contribution in [0.25, 0.3) is 0 Å². The van der Waals surface area contributed by atoms with E-state index in [1.54, 1.807) is 7.05 Å². The minimum Gasteiger partial charge on any atom is -0.358 e. The molecule has 0 aromatic carbocycles. The maximum absolute atomic E-state index is 11.5. The van der Waals surface area contributed by atoms with Gasteiger partial charge in [0.1, 0.15) is 17.3 Å². The predicted molar refractivity (Wildman–Crippen MR) is 73.0 cm³/mol. The third-order valence-electron chi connectivity index (χ3n) is 2.63. The molecule has 100 valence electrons. The molecular weight excluding hydrogens is 252 g/mol. The van der Waals surface area contributed by atoms with E-state index in [0.717, 1.165) is 30.8 Å². The second-order valence-corrected chi connectivity index (χ2v) is 4.27. The average Bonchev–Trinajstić information content (AvgIpc) is 2.37. The number of hydrogen-bond donors (Lipinski definition) is 1. The van der Waals surface area contributed by atoms with E-state index in [2.05, 4.69) is 22.2 Å². The highest BCUT2D eigenvalue weighted by molar-refractivity contribution is 6.30. The maximum Gasteiger partial charge on any atom is 0.239 e. The van der Waals surface area contributed by atoms with E-state index in [4.69, 9.17) is 11.6 Å². The van der Waals surface area contributed by atoms with Gasteiger partial charge in [-0.25, -0.2) is 9.97 Å². The van der Waals surface area contributed by atoms with Crippen molar-refractivity contribution in [1.29, 1.82) is 0 Å². The van der Waals surface area contributed by atoms with Gasteiger partial charge in [0.15, 0.2) is 0 Å². The van der Waals surface area contributed by atoms with Crippen LogP contribution in [0, 0.1) is 0 Å². The van der Waals surface area contributed by atoms with Crippen LogP contribution in [0.4, 0.5) is 5.82 Å². The zero-order valence-corrected chi connectivity index (χ0v) is 11.8. The lowest BCUT2D eigenvalue weighted by Gasteiger charge is -2.24. The summed E-state index contributed by atoms with van der Waals surface area (Å²) >= 11 is 6.07. The molecule has 0 atom stereocenters. The monoisotopic (exact) mass is 270 g/mol. The summed E-state index contributed by atoms with van der Waals surface area (Å²) in [6.07, 6.45) is 3.11. The van der Waals surface area contributed by atoms with Gasteiger partial charge in [0.25, 0.3) is 0 Å². The van der Waals surface area contributed by atoms with E-state index < -0.39 is 0 Å². The van der Waals surface area contributed by atoms with Crippen molar-refractivity contribution in [3.63, 3.8) is 0 Å². The van der Waals surface area contributed by atoms with Gasteiger partial charge in [-0.05, 0) is 12.8 Å². The number of carbonyl (C=O) groups is 1. The van der Waals surface area contributed by atoms with Crippen LogP contribution in [0.2, 0.25) is 5.15 Å². The molecule has 0 saturated carbocycles. The summed E-state index contributed by atoms with van der Waals surface area (Å²) in [6, 6.07) is 0. The van der Waals surface area contributed by atoms with E-state index >= 15 is 0 Å². The molecule has 1 aromatic rings. The zero-order chi connectivity index (χ0) is 13.5. The summed E-state index contributed by atoms with van der Waals surface area (Å²) in [5.41, 5.74) is 0.886. The Labute approximate surface area is 113 Å². The molecule has 18 heavy (non-hydrogen) atoms. The molecule has 0 aliphatic carbocycles. The number of hydrogen-bond acceptors (Lipinski definition) is 4. The molecule has 6 heteroatoms. The molecule has 0 radical (unpaired) electrons. The Morgan fingerprint density at radius 3 is 2.72 bits per heavy atom. The molecule has 0 aliphatic rings. The third kappa shape index (κ3) is 3.57. The van der Waals surface area contributed by atoms with Crippen molar-refractivity contribution in [3.8, 4) is 0 Å². The van der Waals surface area contributed by atoms with Crippen molar-refractivity contribution < 1.29 is 4.79 Å². The van der Waals surface area contributed by atoms with Crippen LogP contribution in [-0.4, -0.2) is 36.0 Å². The minimum absolute atomic E-state index is 0.0414. The summed E-state index contributed by atoms with van der Waals surface area (Å²) in [4.78, 5) is 21.7. The average molecular weight is 271 g/mol. The van der Waals surface area contributed by atoms with Gasteiger partial charge < -0.3 is 10.2 Å². The number of halogens is 1. The van der Waals surface area contributed by atoms with E-state index in [0.29, 0.717) is 5.15 Å². The van der Waals surface area contributed by atoms with Gasteiger partial charge in [-0.2, -0.15) is 0 Å². The summed E-state index contributed by atoms with van der Waals surface area (Å²) in [6.45, 7) is 5.10. The van der Waals surface area contributed by atoms with Crippen molar-refractivity contribution in [2.24, 2.45) is 0 Å². The first-order chi connectivity index (χ1) is 8.63. The molecule has 0 aliphatic heterocycles. The Balaban J connectivity index is 3.04. The fraction of sp³-hybridized carbons (Fsp3) is 0.583. The van der Waals surface area contributed by atoms with Gasteiger partial charge in [0.05, 0.1) is 6.54 Å². The molecule has 1 rings (SSSR count). The molecule has 0 bridgehead atoms. The number of amides is 1. The highest BCUT2D eigenvalue weighted by Crippen LogP contribution is 2.23. The molecule has 1 heterocycles. The molecule has 1 N–H and O–H groups in total. The lowest BCUT2D eigenvalue weighted by atomic mass is 10.2. The number of rotatable bonds is 6. The van der Waals surface area contributed by atoms with Crippen LogP contribution in [-0.2, 0) is 11.2 Å². The van der Waals surface area contributed by atoms with Gasteiger partial charge in [0, 0.05) is 19.2 Å². The summed E-state index contributed by atoms with van der Waals surface area (Å²) in [5, 5.41) is 3.08. The first-order valence-electron chi connectivity index (χ1n) is 6.08. The zero-order valence-electron chi connectivity index (χ0n) is 11.0. The number of likely N-dealkylation sites (N-methyl/N-ethyl adjacent to an activating group) is 1. The smallest absolute Gasteiger partial charge is 0.239 e. The van der Waals surface area contributed by atoms with Crippen molar-refractivity contribution >= 4 is 23.3 Å². The van der Waals surface area contributed by atoms with E-state index in [1.165, 1.54) is 6.33 Å². The SMILES string of the molecule is CCCN(CC(=O)NC)c1ncnc(Cl)c1CC. The predicted octanol–water partition coefficient (Wildman–Crippen LogP) is 1.65. The molecule has 0 fully saturated rings. The lowest BCUT2D eigenvalue weighted by Crippen LogP contribution is -2.37. The third-order valence-corrected chi connectivity index (χ3v) is 2.96. The fourth-order valence-corrected chi connectivity index (χ4v) is 2.00. The summed E-state index contributed by atoms with van der Waals surface area (Å²) < 4.78 is 0. The Bertz CT molecular complexity index is 411. The fourth-order valence-electron chi connectivity index (χ4n) is 1.74.